The SMILES string of the molecule is C=C(C#N)c1ccc(OCC)cc1N(Cc1ccc(NC(=O)OCC(C)(C)C)cc1)CC1CC1. The third-order valence-electron chi connectivity index (χ3n) is 5.47. The summed E-state index contributed by atoms with van der Waals surface area (Å²) in [5.74, 6) is 1.43. The van der Waals surface area contributed by atoms with Crippen molar-refractivity contribution in [2.45, 2.75) is 47.1 Å². The van der Waals surface area contributed by atoms with Crippen molar-refractivity contribution >= 4 is 23.0 Å². The number of hydrogen-bond donors (Lipinski definition) is 1. The van der Waals surface area contributed by atoms with Crippen LogP contribution in [-0.4, -0.2) is 25.9 Å². The summed E-state index contributed by atoms with van der Waals surface area (Å²) < 4.78 is 11.0. The van der Waals surface area contributed by atoms with Crippen molar-refractivity contribution in [3.63, 3.8) is 0 Å². The van der Waals surface area contributed by atoms with E-state index in [2.05, 4.69) is 22.9 Å². The summed E-state index contributed by atoms with van der Waals surface area (Å²) in [5.41, 5.74) is 3.93. The molecule has 34 heavy (non-hydrogen) atoms. The molecule has 1 N–H and O–H groups in total. The van der Waals surface area contributed by atoms with Crippen LogP contribution < -0.4 is 15.0 Å². The van der Waals surface area contributed by atoms with E-state index in [0.717, 1.165) is 29.1 Å². The highest BCUT2D eigenvalue weighted by Gasteiger charge is 2.26. The lowest BCUT2D eigenvalue weighted by Crippen LogP contribution is -2.26. The molecule has 1 saturated carbocycles. The van der Waals surface area contributed by atoms with Gasteiger partial charge in [-0.1, -0.05) is 39.5 Å². The Bertz CT molecular complexity index is 1040. The second-order valence-electron chi connectivity index (χ2n) is 9.98. The first-order chi connectivity index (χ1) is 16.2. The van der Waals surface area contributed by atoms with Crippen molar-refractivity contribution in [2.75, 3.05) is 30.0 Å². The van der Waals surface area contributed by atoms with Crippen molar-refractivity contribution in [1.29, 1.82) is 5.26 Å². The van der Waals surface area contributed by atoms with Gasteiger partial charge in [-0.15, -0.1) is 0 Å². The Morgan fingerprint density at radius 3 is 2.50 bits per heavy atom. The lowest BCUT2D eigenvalue weighted by Gasteiger charge is -2.28. The van der Waals surface area contributed by atoms with Gasteiger partial charge in [0, 0.05) is 36.1 Å². The molecule has 0 bridgehead atoms. The van der Waals surface area contributed by atoms with Crippen LogP contribution in [0.1, 0.15) is 51.7 Å². The zero-order valence-corrected chi connectivity index (χ0v) is 20.7. The number of benzene rings is 2. The maximum atomic E-state index is 12.1. The Balaban J connectivity index is 1.77. The Morgan fingerprint density at radius 1 is 1.21 bits per heavy atom. The molecule has 1 aliphatic rings. The lowest BCUT2D eigenvalue weighted by atomic mass is 9.99. The lowest BCUT2D eigenvalue weighted by molar-refractivity contribution is 0.118. The smallest absolute Gasteiger partial charge is 0.411 e. The van der Waals surface area contributed by atoms with Gasteiger partial charge < -0.3 is 14.4 Å². The summed E-state index contributed by atoms with van der Waals surface area (Å²) in [6.45, 7) is 14.5. The minimum atomic E-state index is -0.453. The number of rotatable bonds is 10. The number of allylic oxidation sites excluding steroid dienone is 1. The molecule has 0 radical (unpaired) electrons. The molecule has 0 saturated heterocycles. The molecule has 2 aromatic carbocycles. The zero-order valence-electron chi connectivity index (χ0n) is 20.7. The molecule has 2 aromatic rings. The maximum absolute atomic E-state index is 12.1. The van der Waals surface area contributed by atoms with E-state index in [1.165, 1.54) is 12.8 Å². The molecule has 0 atom stereocenters. The number of nitrogens with one attached hydrogen (secondary N) is 1. The van der Waals surface area contributed by atoms with Crippen molar-refractivity contribution in [3.8, 4) is 11.8 Å². The Morgan fingerprint density at radius 2 is 1.91 bits per heavy atom. The van der Waals surface area contributed by atoms with Crippen LogP contribution in [0.25, 0.3) is 5.57 Å². The topological polar surface area (TPSA) is 74.6 Å². The van der Waals surface area contributed by atoms with Gasteiger partial charge >= 0.3 is 6.09 Å². The molecule has 0 unspecified atom stereocenters. The number of nitriles is 1. The van der Waals surface area contributed by atoms with E-state index in [-0.39, 0.29) is 5.41 Å². The molecule has 3 rings (SSSR count). The minimum absolute atomic E-state index is 0.0820. The normalized spacial score (nSPS) is 13.0. The van der Waals surface area contributed by atoms with Crippen molar-refractivity contribution in [2.24, 2.45) is 11.3 Å². The number of hydrogen-bond acceptors (Lipinski definition) is 5. The molecule has 1 aliphatic carbocycles. The van der Waals surface area contributed by atoms with E-state index in [1.54, 1.807) is 0 Å². The maximum Gasteiger partial charge on any atom is 0.411 e. The molecular formula is C28H35N3O3. The van der Waals surface area contributed by atoms with Crippen LogP contribution >= 0.6 is 0 Å². The van der Waals surface area contributed by atoms with Crippen LogP contribution in [0.3, 0.4) is 0 Å². The van der Waals surface area contributed by atoms with Gasteiger partial charge in [-0.05, 0) is 60.9 Å². The van der Waals surface area contributed by atoms with Crippen molar-refractivity contribution in [3.05, 3.63) is 60.2 Å². The predicted octanol–water partition coefficient (Wildman–Crippen LogP) is 6.63. The molecule has 1 amide bonds. The average molecular weight is 462 g/mol. The summed E-state index contributed by atoms with van der Waals surface area (Å²) in [6.07, 6.45) is 1.98. The average Bonchev–Trinajstić information content (AvgIpc) is 3.62. The molecule has 6 heteroatoms. The van der Waals surface area contributed by atoms with Crippen LogP contribution in [0.2, 0.25) is 0 Å². The standard InChI is InChI=1S/C28H35N3O3/c1-6-33-24-13-14-25(20(2)16-29)26(15-24)31(17-21-7-8-21)18-22-9-11-23(12-10-22)30-27(32)34-19-28(3,4)5/h9-15,21H,2,6-8,17-19H2,1,3-5H3,(H,30,32). The fourth-order valence-corrected chi connectivity index (χ4v) is 3.55. The Hall–Kier alpha value is -3.46. The summed E-state index contributed by atoms with van der Waals surface area (Å²) in [5, 5.41) is 12.3. The first-order valence-electron chi connectivity index (χ1n) is 11.8. The Kier molecular flexibility index (Phi) is 8.22. The first-order valence-corrected chi connectivity index (χ1v) is 11.8. The van der Waals surface area contributed by atoms with Crippen LogP contribution in [0.5, 0.6) is 5.75 Å². The number of carbonyl (C=O) groups excluding carboxylic acids is 1. The Labute approximate surface area is 203 Å². The third-order valence-corrected chi connectivity index (χ3v) is 5.47. The number of amides is 1. The fraction of sp³-hybridized carbons (Fsp3) is 0.429. The van der Waals surface area contributed by atoms with Crippen LogP contribution in [-0.2, 0) is 11.3 Å². The van der Waals surface area contributed by atoms with Gasteiger partial charge in [0.25, 0.3) is 0 Å². The molecule has 6 nitrogen and oxygen atoms in total. The summed E-state index contributed by atoms with van der Waals surface area (Å²) >= 11 is 0. The van der Waals surface area contributed by atoms with E-state index < -0.39 is 6.09 Å². The van der Waals surface area contributed by atoms with Gasteiger partial charge in [-0.25, -0.2) is 4.79 Å². The van der Waals surface area contributed by atoms with E-state index in [9.17, 15) is 10.1 Å². The number of ether oxygens (including phenoxy) is 2. The van der Waals surface area contributed by atoms with Gasteiger partial charge in [-0.3, -0.25) is 5.32 Å². The molecule has 0 heterocycles. The zero-order chi connectivity index (χ0) is 24.7. The fourth-order valence-electron chi connectivity index (χ4n) is 3.55. The van der Waals surface area contributed by atoms with E-state index in [0.29, 0.717) is 36.9 Å². The van der Waals surface area contributed by atoms with Crippen LogP contribution in [0, 0.1) is 22.7 Å². The molecule has 0 aromatic heterocycles. The van der Waals surface area contributed by atoms with E-state index in [1.807, 2.05) is 70.2 Å². The third kappa shape index (κ3) is 7.55. The quantitative estimate of drug-likeness (QED) is 0.402. The molecular weight excluding hydrogens is 426 g/mol. The van der Waals surface area contributed by atoms with Crippen LogP contribution in [0.15, 0.2) is 49.0 Å². The molecule has 0 spiro atoms. The molecule has 1 fully saturated rings. The van der Waals surface area contributed by atoms with E-state index in [4.69, 9.17) is 9.47 Å². The summed E-state index contributed by atoms with van der Waals surface area (Å²) in [7, 11) is 0. The number of carbonyl (C=O) groups is 1. The molecule has 0 aliphatic heterocycles. The second kappa shape index (κ2) is 11.1. The van der Waals surface area contributed by atoms with E-state index >= 15 is 0 Å². The predicted molar refractivity (Wildman–Crippen MR) is 137 cm³/mol. The highest BCUT2D eigenvalue weighted by molar-refractivity contribution is 5.85. The van der Waals surface area contributed by atoms with Crippen molar-refractivity contribution < 1.29 is 14.3 Å². The highest BCUT2D eigenvalue weighted by Crippen LogP contribution is 2.36. The van der Waals surface area contributed by atoms with Crippen LogP contribution in [0.4, 0.5) is 16.2 Å². The second-order valence-corrected chi connectivity index (χ2v) is 9.98. The van der Waals surface area contributed by atoms with Gasteiger partial charge in [-0.2, -0.15) is 5.26 Å². The van der Waals surface area contributed by atoms with Gasteiger partial charge in [0.05, 0.1) is 24.9 Å². The largest absolute Gasteiger partial charge is 0.494 e. The van der Waals surface area contributed by atoms with Gasteiger partial charge in [0.2, 0.25) is 0 Å². The number of anilines is 2. The monoisotopic (exact) mass is 461 g/mol. The highest BCUT2D eigenvalue weighted by atomic mass is 16.5. The first kappa shape index (κ1) is 25.2. The molecule has 180 valence electrons. The van der Waals surface area contributed by atoms with Gasteiger partial charge in [0.1, 0.15) is 5.75 Å². The number of nitrogens with zero attached hydrogens (tertiary/aromatic N) is 2. The minimum Gasteiger partial charge on any atom is -0.494 e. The summed E-state index contributed by atoms with van der Waals surface area (Å²) in [6, 6.07) is 15.8. The van der Waals surface area contributed by atoms with Gasteiger partial charge in [0.15, 0.2) is 0 Å². The van der Waals surface area contributed by atoms with Crippen molar-refractivity contribution in [1.82, 2.24) is 0 Å². The summed E-state index contributed by atoms with van der Waals surface area (Å²) in [4.78, 5) is 14.4.